The third kappa shape index (κ3) is 4.98. The van der Waals surface area contributed by atoms with E-state index < -0.39 is 22.0 Å². The van der Waals surface area contributed by atoms with Crippen LogP contribution < -0.4 is 4.72 Å². The number of aryl methyl sites for hydroxylation is 1. The van der Waals surface area contributed by atoms with Gasteiger partial charge in [0.2, 0.25) is 10.0 Å². The Kier molecular flexibility index (Phi) is 6.19. The summed E-state index contributed by atoms with van der Waals surface area (Å²) in [5, 5.41) is 0.457. The van der Waals surface area contributed by atoms with Gasteiger partial charge in [0.1, 0.15) is 6.04 Å². The summed E-state index contributed by atoms with van der Waals surface area (Å²) in [5.74, 6) is -0.456. The molecule has 0 amide bonds. The molecule has 0 aliphatic carbocycles. The number of methoxy groups -OCH3 is 1. The second-order valence-corrected chi connectivity index (χ2v) is 7.36. The van der Waals surface area contributed by atoms with E-state index in [0.29, 0.717) is 17.0 Å². The summed E-state index contributed by atoms with van der Waals surface area (Å²) in [6.07, 6.45) is 0.360. The molecule has 21 heavy (non-hydrogen) atoms. The first kappa shape index (κ1) is 17.9. The molecule has 0 heterocycles. The van der Waals surface area contributed by atoms with E-state index in [1.54, 1.807) is 13.0 Å². The number of ether oxygens (including phenoxy) is 1. The molecule has 1 aromatic carbocycles. The largest absolute Gasteiger partial charge is 0.468 e. The van der Waals surface area contributed by atoms with E-state index >= 15 is 0 Å². The molecule has 5 nitrogen and oxygen atoms in total. The van der Waals surface area contributed by atoms with Crippen molar-refractivity contribution in [1.29, 1.82) is 0 Å². The van der Waals surface area contributed by atoms with Gasteiger partial charge in [-0.05, 0) is 43.0 Å². The van der Waals surface area contributed by atoms with Gasteiger partial charge in [0.15, 0.2) is 0 Å². The van der Waals surface area contributed by atoms with Crippen LogP contribution in [0.25, 0.3) is 0 Å². The van der Waals surface area contributed by atoms with Gasteiger partial charge in [0.25, 0.3) is 0 Å². The zero-order valence-electron chi connectivity index (χ0n) is 12.5. The smallest absolute Gasteiger partial charge is 0.323 e. The zero-order chi connectivity index (χ0) is 16.2. The Bertz CT molecular complexity index is 613. The second-order valence-electron chi connectivity index (χ2n) is 5.24. The molecular formula is C14H20ClNO4S. The fraction of sp³-hybridized carbons (Fsp3) is 0.500. The standard InChI is InChI=1S/C14H20ClNO4S/c1-9(2)7-12(14(17)20-4)16-21(18,19)13-6-5-11(15)8-10(13)3/h5-6,8-9,12,16H,7H2,1-4H3. The van der Waals surface area contributed by atoms with Crippen LogP contribution in [-0.2, 0) is 19.6 Å². The fourth-order valence-corrected chi connectivity index (χ4v) is 3.62. The first-order valence-corrected chi connectivity index (χ1v) is 8.39. The first-order chi connectivity index (χ1) is 9.67. The van der Waals surface area contributed by atoms with E-state index in [4.69, 9.17) is 11.6 Å². The molecule has 1 aromatic rings. The van der Waals surface area contributed by atoms with E-state index in [1.807, 2.05) is 13.8 Å². The van der Waals surface area contributed by atoms with Gasteiger partial charge in [0.05, 0.1) is 12.0 Å². The Balaban J connectivity index is 3.08. The minimum Gasteiger partial charge on any atom is -0.468 e. The number of halogens is 1. The van der Waals surface area contributed by atoms with Gasteiger partial charge in [-0.15, -0.1) is 0 Å². The monoisotopic (exact) mass is 333 g/mol. The van der Waals surface area contributed by atoms with Crippen molar-refractivity contribution in [3.63, 3.8) is 0 Å². The number of hydrogen-bond donors (Lipinski definition) is 1. The molecule has 7 heteroatoms. The van der Waals surface area contributed by atoms with Crippen LogP contribution in [0.2, 0.25) is 5.02 Å². The molecule has 0 aromatic heterocycles. The number of sulfonamides is 1. The van der Waals surface area contributed by atoms with Crippen molar-refractivity contribution < 1.29 is 17.9 Å². The summed E-state index contributed by atoms with van der Waals surface area (Å²) in [5.41, 5.74) is 0.517. The van der Waals surface area contributed by atoms with Crippen molar-refractivity contribution in [2.75, 3.05) is 7.11 Å². The molecule has 1 rings (SSSR count). The average Bonchev–Trinajstić information content (AvgIpc) is 2.35. The lowest BCUT2D eigenvalue weighted by Gasteiger charge is -2.19. The molecule has 0 bridgehead atoms. The lowest BCUT2D eigenvalue weighted by molar-refractivity contribution is -0.143. The maximum atomic E-state index is 12.4. The van der Waals surface area contributed by atoms with Gasteiger partial charge < -0.3 is 4.74 Å². The summed E-state index contributed by atoms with van der Waals surface area (Å²) in [6.45, 7) is 5.45. The van der Waals surface area contributed by atoms with E-state index in [2.05, 4.69) is 9.46 Å². The number of rotatable bonds is 6. The Hall–Kier alpha value is -1.11. The highest BCUT2D eigenvalue weighted by Gasteiger charge is 2.28. The number of carbonyl (C=O) groups excluding carboxylic acids is 1. The summed E-state index contributed by atoms with van der Waals surface area (Å²) in [6, 6.07) is 3.57. The number of nitrogens with one attached hydrogen (secondary N) is 1. The molecular weight excluding hydrogens is 314 g/mol. The number of esters is 1. The molecule has 0 aliphatic rings. The summed E-state index contributed by atoms with van der Waals surface area (Å²) < 4.78 is 31.9. The second kappa shape index (κ2) is 7.24. The molecule has 0 radical (unpaired) electrons. The highest BCUT2D eigenvalue weighted by atomic mass is 35.5. The van der Waals surface area contributed by atoms with Gasteiger partial charge >= 0.3 is 5.97 Å². The molecule has 1 N–H and O–H groups in total. The van der Waals surface area contributed by atoms with Crippen LogP contribution in [0.3, 0.4) is 0 Å². The Labute approximate surface area is 130 Å². The van der Waals surface area contributed by atoms with Crippen LogP contribution in [0, 0.1) is 12.8 Å². The number of carbonyl (C=O) groups is 1. The molecule has 118 valence electrons. The topological polar surface area (TPSA) is 72.5 Å². The van der Waals surface area contributed by atoms with Crippen LogP contribution in [0.5, 0.6) is 0 Å². The highest BCUT2D eigenvalue weighted by Crippen LogP contribution is 2.20. The van der Waals surface area contributed by atoms with Crippen LogP contribution in [0.4, 0.5) is 0 Å². The molecule has 1 atom stereocenters. The van der Waals surface area contributed by atoms with Crippen LogP contribution in [0.1, 0.15) is 25.8 Å². The quantitative estimate of drug-likeness (QED) is 0.812. The van der Waals surface area contributed by atoms with Crippen molar-refractivity contribution >= 4 is 27.6 Å². The molecule has 0 spiro atoms. The lowest BCUT2D eigenvalue weighted by atomic mass is 10.1. The predicted octanol–water partition coefficient (Wildman–Crippen LogP) is 2.51. The summed E-state index contributed by atoms with van der Waals surface area (Å²) in [7, 11) is -2.58. The maximum absolute atomic E-state index is 12.4. The average molecular weight is 334 g/mol. The lowest BCUT2D eigenvalue weighted by Crippen LogP contribution is -2.42. The SMILES string of the molecule is COC(=O)C(CC(C)C)NS(=O)(=O)c1ccc(Cl)cc1C. The Morgan fingerprint density at radius 1 is 1.38 bits per heavy atom. The van der Waals surface area contributed by atoms with Crippen molar-refractivity contribution in [1.82, 2.24) is 4.72 Å². The third-order valence-electron chi connectivity index (χ3n) is 2.92. The van der Waals surface area contributed by atoms with Gasteiger partial charge in [-0.25, -0.2) is 8.42 Å². The van der Waals surface area contributed by atoms with E-state index in [9.17, 15) is 13.2 Å². The van der Waals surface area contributed by atoms with Crippen molar-refractivity contribution in [3.8, 4) is 0 Å². The van der Waals surface area contributed by atoms with Crippen LogP contribution in [-0.4, -0.2) is 27.5 Å². The summed E-state index contributed by atoms with van der Waals surface area (Å²) in [4.78, 5) is 11.8. The van der Waals surface area contributed by atoms with Gasteiger partial charge in [-0.3, -0.25) is 4.79 Å². The molecule has 0 fully saturated rings. The minimum atomic E-state index is -3.82. The zero-order valence-corrected chi connectivity index (χ0v) is 14.1. The minimum absolute atomic E-state index is 0.101. The molecule has 0 saturated heterocycles. The Morgan fingerprint density at radius 3 is 2.48 bits per heavy atom. The van der Waals surface area contributed by atoms with Crippen LogP contribution >= 0.6 is 11.6 Å². The summed E-state index contributed by atoms with van der Waals surface area (Å²) >= 11 is 5.83. The first-order valence-electron chi connectivity index (χ1n) is 6.53. The van der Waals surface area contributed by atoms with Gasteiger partial charge in [-0.1, -0.05) is 25.4 Å². The van der Waals surface area contributed by atoms with E-state index in [0.717, 1.165) is 0 Å². The van der Waals surface area contributed by atoms with E-state index in [-0.39, 0.29) is 10.8 Å². The normalized spacial score (nSPS) is 13.2. The fourth-order valence-electron chi connectivity index (χ4n) is 1.97. The molecule has 0 aliphatic heterocycles. The third-order valence-corrected chi connectivity index (χ3v) is 4.78. The predicted molar refractivity (Wildman–Crippen MR) is 81.8 cm³/mol. The van der Waals surface area contributed by atoms with Crippen molar-refractivity contribution in [2.45, 2.75) is 38.1 Å². The van der Waals surface area contributed by atoms with Crippen molar-refractivity contribution in [2.24, 2.45) is 5.92 Å². The van der Waals surface area contributed by atoms with Gasteiger partial charge in [-0.2, -0.15) is 4.72 Å². The number of benzene rings is 1. The van der Waals surface area contributed by atoms with Crippen LogP contribution in [0.15, 0.2) is 23.1 Å². The van der Waals surface area contributed by atoms with Crippen molar-refractivity contribution in [3.05, 3.63) is 28.8 Å². The molecule has 1 unspecified atom stereocenters. The Morgan fingerprint density at radius 2 is 2.00 bits per heavy atom. The molecule has 0 saturated carbocycles. The highest BCUT2D eigenvalue weighted by molar-refractivity contribution is 7.89. The maximum Gasteiger partial charge on any atom is 0.323 e. The number of hydrogen-bond acceptors (Lipinski definition) is 4. The van der Waals surface area contributed by atoms with E-state index in [1.165, 1.54) is 19.2 Å². The van der Waals surface area contributed by atoms with Gasteiger partial charge in [0, 0.05) is 5.02 Å².